The molecule has 26 heavy (non-hydrogen) atoms. The van der Waals surface area contributed by atoms with Crippen molar-refractivity contribution in [1.82, 2.24) is 20.8 Å². The maximum Gasteiger partial charge on any atom is 0.191 e. The third kappa shape index (κ3) is 5.26. The first-order valence-corrected chi connectivity index (χ1v) is 8.71. The number of ether oxygens (including phenoxy) is 1. The number of nitrogens with one attached hydrogen (secondary N) is 3. The zero-order valence-electron chi connectivity index (χ0n) is 15.2. The molecular formula is C18H27IN6O. The molecule has 7 nitrogen and oxygen atoms in total. The minimum atomic E-state index is 0. The summed E-state index contributed by atoms with van der Waals surface area (Å²) in [6, 6.07) is 10.5. The van der Waals surface area contributed by atoms with Gasteiger partial charge in [0.2, 0.25) is 0 Å². The van der Waals surface area contributed by atoms with Gasteiger partial charge in [0.25, 0.3) is 0 Å². The topological polar surface area (TPSA) is 77.6 Å². The first-order chi connectivity index (χ1) is 12.3. The average Bonchev–Trinajstić information content (AvgIpc) is 3.32. The summed E-state index contributed by atoms with van der Waals surface area (Å²) in [4.78, 5) is 6.99. The maximum atomic E-state index is 5.49. The molecule has 3 N–H and O–H groups in total. The quantitative estimate of drug-likeness (QED) is 0.344. The molecule has 1 aromatic heterocycles. The maximum absolute atomic E-state index is 5.49. The van der Waals surface area contributed by atoms with Crippen LogP contribution in [0.2, 0.25) is 0 Å². The van der Waals surface area contributed by atoms with Crippen LogP contribution >= 0.6 is 24.0 Å². The monoisotopic (exact) mass is 470 g/mol. The second-order valence-corrected chi connectivity index (χ2v) is 6.02. The summed E-state index contributed by atoms with van der Waals surface area (Å²) in [5.74, 6) is 1.76. The second kappa shape index (κ2) is 10.2. The smallest absolute Gasteiger partial charge is 0.191 e. The lowest BCUT2D eigenvalue weighted by atomic mass is 10.2. The van der Waals surface area contributed by atoms with E-state index in [1.807, 2.05) is 18.2 Å². The van der Waals surface area contributed by atoms with Gasteiger partial charge < -0.3 is 20.3 Å². The predicted octanol–water partition coefficient (Wildman–Crippen LogP) is 2.37. The van der Waals surface area contributed by atoms with E-state index in [4.69, 9.17) is 4.74 Å². The van der Waals surface area contributed by atoms with Crippen LogP contribution in [-0.4, -0.2) is 48.9 Å². The van der Waals surface area contributed by atoms with Gasteiger partial charge >= 0.3 is 0 Å². The standard InChI is InChI=1S/C18H26N6O.HI/c1-3-19-18(20-12-14-8-10-21-23-14)22-15-9-11-24(13-15)16-6-4-5-7-17(16)25-2;/h4-8,10,15H,3,9,11-13H2,1-2H3,(H,21,23)(H2,19,20,22);1H. The zero-order valence-corrected chi connectivity index (χ0v) is 17.6. The van der Waals surface area contributed by atoms with Crippen LogP contribution < -0.4 is 20.3 Å². The molecule has 8 heteroatoms. The third-order valence-corrected chi connectivity index (χ3v) is 4.27. The van der Waals surface area contributed by atoms with Gasteiger partial charge in [-0.25, -0.2) is 4.99 Å². The number of para-hydroxylation sites is 2. The Kier molecular flexibility index (Phi) is 8.02. The van der Waals surface area contributed by atoms with Crippen LogP contribution in [0.25, 0.3) is 0 Å². The predicted molar refractivity (Wildman–Crippen MR) is 116 cm³/mol. The molecule has 3 rings (SSSR count). The third-order valence-electron chi connectivity index (χ3n) is 4.27. The summed E-state index contributed by atoms with van der Waals surface area (Å²) >= 11 is 0. The van der Waals surface area contributed by atoms with Crippen molar-refractivity contribution < 1.29 is 4.74 Å². The molecule has 0 aliphatic carbocycles. The Bertz CT molecular complexity index is 691. The number of aliphatic imine (C=N–C) groups is 1. The fourth-order valence-corrected chi connectivity index (χ4v) is 3.04. The van der Waals surface area contributed by atoms with Gasteiger partial charge in [-0.05, 0) is 31.5 Å². The number of hydrogen-bond donors (Lipinski definition) is 3. The molecule has 1 aliphatic heterocycles. The molecule has 1 atom stereocenters. The van der Waals surface area contributed by atoms with E-state index in [-0.39, 0.29) is 24.0 Å². The van der Waals surface area contributed by atoms with Crippen LogP contribution in [0, 0.1) is 0 Å². The van der Waals surface area contributed by atoms with E-state index in [1.54, 1.807) is 13.3 Å². The Hall–Kier alpha value is -1.97. The van der Waals surface area contributed by atoms with Crippen LogP contribution in [-0.2, 0) is 6.54 Å². The lowest BCUT2D eigenvalue weighted by Crippen LogP contribution is -2.44. The summed E-state index contributed by atoms with van der Waals surface area (Å²) in [5.41, 5.74) is 2.15. The van der Waals surface area contributed by atoms with Crippen LogP contribution in [0.3, 0.4) is 0 Å². The molecule has 2 aromatic rings. The molecule has 0 saturated carbocycles. The van der Waals surface area contributed by atoms with Crippen molar-refractivity contribution in [2.45, 2.75) is 25.9 Å². The van der Waals surface area contributed by atoms with Gasteiger partial charge in [0.05, 0.1) is 25.0 Å². The molecule has 2 heterocycles. The van der Waals surface area contributed by atoms with Crippen LogP contribution in [0.5, 0.6) is 5.75 Å². The van der Waals surface area contributed by atoms with Crippen LogP contribution in [0.4, 0.5) is 5.69 Å². The molecule has 142 valence electrons. The van der Waals surface area contributed by atoms with Gasteiger partial charge in [-0.15, -0.1) is 24.0 Å². The molecule has 1 aromatic carbocycles. The summed E-state index contributed by atoms with van der Waals surface area (Å²) in [6.45, 7) is 5.41. The van der Waals surface area contributed by atoms with Gasteiger partial charge in [-0.3, -0.25) is 5.10 Å². The van der Waals surface area contributed by atoms with E-state index in [0.29, 0.717) is 12.6 Å². The Morgan fingerprint density at radius 1 is 1.38 bits per heavy atom. The van der Waals surface area contributed by atoms with E-state index in [1.165, 1.54) is 0 Å². The fourth-order valence-electron chi connectivity index (χ4n) is 3.04. The zero-order chi connectivity index (χ0) is 17.5. The summed E-state index contributed by atoms with van der Waals surface area (Å²) < 4.78 is 5.49. The van der Waals surface area contributed by atoms with E-state index in [0.717, 1.165) is 49.1 Å². The molecule has 0 bridgehead atoms. The lowest BCUT2D eigenvalue weighted by molar-refractivity contribution is 0.415. The average molecular weight is 470 g/mol. The van der Waals surface area contributed by atoms with Crippen molar-refractivity contribution in [3.8, 4) is 5.75 Å². The highest BCUT2D eigenvalue weighted by Crippen LogP contribution is 2.30. The van der Waals surface area contributed by atoms with Crippen LogP contribution in [0.1, 0.15) is 19.0 Å². The Labute approximate surface area is 171 Å². The number of rotatable bonds is 6. The molecule has 1 fully saturated rings. The largest absolute Gasteiger partial charge is 0.495 e. The number of aromatic nitrogens is 2. The normalized spacial score (nSPS) is 16.9. The summed E-state index contributed by atoms with van der Waals surface area (Å²) in [6.07, 6.45) is 2.81. The van der Waals surface area contributed by atoms with Crippen molar-refractivity contribution in [3.63, 3.8) is 0 Å². The van der Waals surface area contributed by atoms with Crippen molar-refractivity contribution in [2.24, 2.45) is 4.99 Å². The highest BCUT2D eigenvalue weighted by atomic mass is 127. The molecule has 1 saturated heterocycles. The van der Waals surface area contributed by atoms with E-state index in [9.17, 15) is 0 Å². The molecule has 0 spiro atoms. The molecule has 0 radical (unpaired) electrons. The van der Waals surface area contributed by atoms with Crippen molar-refractivity contribution in [2.75, 3.05) is 31.6 Å². The van der Waals surface area contributed by atoms with E-state index < -0.39 is 0 Å². The van der Waals surface area contributed by atoms with Gasteiger partial charge in [0, 0.05) is 31.9 Å². The van der Waals surface area contributed by atoms with E-state index >= 15 is 0 Å². The molecule has 1 aliphatic rings. The molecular weight excluding hydrogens is 443 g/mol. The lowest BCUT2D eigenvalue weighted by Gasteiger charge is -2.22. The number of hydrogen-bond acceptors (Lipinski definition) is 4. The number of halogens is 1. The number of aromatic amines is 1. The second-order valence-electron chi connectivity index (χ2n) is 6.02. The van der Waals surface area contributed by atoms with Crippen LogP contribution in [0.15, 0.2) is 41.5 Å². The minimum absolute atomic E-state index is 0. The van der Waals surface area contributed by atoms with Gasteiger partial charge in [0.1, 0.15) is 5.75 Å². The minimum Gasteiger partial charge on any atom is -0.495 e. The Balaban J connectivity index is 0.00000243. The first-order valence-electron chi connectivity index (χ1n) is 8.71. The number of anilines is 1. The Morgan fingerprint density at radius 2 is 2.23 bits per heavy atom. The molecule has 1 unspecified atom stereocenters. The number of benzene rings is 1. The number of methoxy groups -OCH3 is 1. The fraction of sp³-hybridized carbons (Fsp3) is 0.444. The molecule has 0 amide bonds. The Morgan fingerprint density at radius 3 is 2.96 bits per heavy atom. The van der Waals surface area contributed by atoms with Gasteiger partial charge in [-0.1, -0.05) is 12.1 Å². The number of H-pyrrole nitrogens is 1. The number of nitrogens with zero attached hydrogens (tertiary/aromatic N) is 3. The van der Waals surface area contributed by atoms with Crippen molar-refractivity contribution in [3.05, 3.63) is 42.2 Å². The highest BCUT2D eigenvalue weighted by molar-refractivity contribution is 14.0. The first kappa shape index (κ1) is 20.3. The summed E-state index contributed by atoms with van der Waals surface area (Å²) in [5, 5.41) is 13.7. The number of guanidine groups is 1. The van der Waals surface area contributed by atoms with Crippen molar-refractivity contribution >= 4 is 35.6 Å². The van der Waals surface area contributed by atoms with Crippen molar-refractivity contribution in [1.29, 1.82) is 0 Å². The van der Waals surface area contributed by atoms with E-state index in [2.05, 4.69) is 49.8 Å². The highest BCUT2D eigenvalue weighted by Gasteiger charge is 2.25. The van der Waals surface area contributed by atoms with Gasteiger partial charge in [0.15, 0.2) is 5.96 Å². The van der Waals surface area contributed by atoms with Gasteiger partial charge in [-0.2, -0.15) is 5.10 Å². The summed E-state index contributed by atoms with van der Waals surface area (Å²) in [7, 11) is 1.72. The SMILES string of the molecule is CCNC(=NCc1ccn[nH]1)NC1CCN(c2ccccc2OC)C1.I.